The largest absolute Gasteiger partial charge is 0.488 e. The third-order valence-corrected chi connectivity index (χ3v) is 3.44. The van der Waals surface area contributed by atoms with Crippen molar-refractivity contribution in [1.29, 1.82) is 0 Å². The molecule has 0 atom stereocenters. The molecule has 2 nitrogen and oxygen atoms in total. The lowest BCUT2D eigenvalue weighted by molar-refractivity contribution is 0.101. The average molecular weight is 358 g/mol. The highest BCUT2D eigenvalue weighted by atomic mass is 79.9. The van der Waals surface area contributed by atoms with Crippen LogP contribution in [-0.2, 0) is 6.61 Å². The van der Waals surface area contributed by atoms with Gasteiger partial charge in [0.05, 0.1) is 5.56 Å². The maximum absolute atomic E-state index is 13.6. The van der Waals surface area contributed by atoms with Gasteiger partial charge in [0.15, 0.2) is 5.78 Å². The molecular weight excluding hydrogens is 347 g/mol. The molecule has 0 spiro atoms. The van der Waals surface area contributed by atoms with Crippen LogP contribution in [0.3, 0.4) is 0 Å². The quantitative estimate of drug-likeness (QED) is 0.718. The highest BCUT2D eigenvalue weighted by Gasteiger charge is 2.11. The smallest absolute Gasteiger partial charge is 0.163 e. The molecule has 0 aliphatic rings. The van der Waals surface area contributed by atoms with E-state index in [1.165, 1.54) is 19.1 Å². The number of rotatable bonds is 4. The van der Waals surface area contributed by atoms with Gasteiger partial charge in [0.25, 0.3) is 0 Å². The normalized spacial score (nSPS) is 10.4. The summed E-state index contributed by atoms with van der Waals surface area (Å²) in [6.07, 6.45) is 0. The molecule has 0 aliphatic carbocycles. The second-order valence-electron chi connectivity index (χ2n) is 4.22. The minimum atomic E-state index is -0.355. The zero-order valence-electron chi connectivity index (χ0n) is 10.6. The van der Waals surface area contributed by atoms with Gasteiger partial charge < -0.3 is 4.74 Å². The minimum Gasteiger partial charge on any atom is -0.488 e. The maximum atomic E-state index is 13.6. The minimum absolute atomic E-state index is 0.0349. The molecule has 0 N–H and O–H groups in total. The van der Waals surface area contributed by atoms with Gasteiger partial charge in [-0.15, -0.1) is 0 Å². The standard InChI is InChI=1S/C15H11BrClFO2/c1-9(19)13-7-12(17)3-5-15(13)20-8-10-6-11(16)2-4-14(10)18/h2-7H,8H2,1H3. The van der Waals surface area contributed by atoms with Crippen LogP contribution >= 0.6 is 27.5 Å². The summed E-state index contributed by atoms with van der Waals surface area (Å²) in [5.41, 5.74) is 0.789. The molecule has 0 saturated heterocycles. The van der Waals surface area contributed by atoms with Gasteiger partial charge in [-0.1, -0.05) is 27.5 Å². The first-order valence-electron chi connectivity index (χ1n) is 5.84. The summed E-state index contributed by atoms with van der Waals surface area (Å²) >= 11 is 9.13. The van der Waals surface area contributed by atoms with Crippen LogP contribution in [0.25, 0.3) is 0 Å². The molecule has 2 aromatic rings. The molecule has 0 saturated carbocycles. The van der Waals surface area contributed by atoms with Crippen LogP contribution in [0, 0.1) is 5.82 Å². The van der Waals surface area contributed by atoms with Crippen molar-refractivity contribution in [1.82, 2.24) is 0 Å². The number of Topliss-reactive ketones (excluding diaryl/α,β-unsaturated/α-hetero) is 1. The van der Waals surface area contributed by atoms with Crippen molar-refractivity contribution in [3.63, 3.8) is 0 Å². The second kappa shape index (κ2) is 6.37. The highest BCUT2D eigenvalue weighted by Crippen LogP contribution is 2.25. The monoisotopic (exact) mass is 356 g/mol. The van der Waals surface area contributed by atoms with Crippen LogP contribution in [0.4, 0.5) is 4.39 Å². The number of benzene rings is 2. The molecule has 0 aliphatic heterocycles. The molecule has 20 heavy (non-hydrogen) atoms. The van der Waals surface area contributed by atoms with Crippen molar-refractivity contribution in [2.24, 2.45) is 0 Å². The number of ether oxygens (including phenoxy) is 1. The van der Waals surface area contributed by atoms with Crippen molar-refractivity contribution < 1.29 is 13.9 Å². The van der Waals surface area contributed by atoms with Gasteiger partial charge in [0.1, 0.15) is 18.2 Å². The topological polar surface area (TPSA) is 26.3 Å². The molecular formula is C15H11BrClFO2. The Morgan fingerprint density at radius 3 is 2.75 bits per heavy atom. The van der Waals surface area contributed by atoms with Gasteiger partial charge in [0, 0.05) is 15.1 Å². The SMILES string of the molecule is CC(=O)c1cc(Cl)ccc1OCc1cc(Br)ccc1F. The Balaban J connectivity index is 2.23. The lowest BCUT2D eigenvalue weighted by Crippen LogP contribution is -2.03. The second-order valence-corrected chi connectivity index (χ2v) is 5.57. The fourth-order valence-electron chi connectivity index (χ4n) is 1.71. The van der Waals surface area contributed by atoms with Gasteiger partial charge in [-0.05, 0) is 43.3 Å². The number of carbonyl (C=O) groups is 1. The number of hydrogen-bond donors (Lipinski definition) is 0. The van der Waals surface area contributed by atoms with E-state index in [1.54, 1.807) is 24.3 Å². The molecule has 5 heteroatoms. The summed E-state index contributed by atoms with van der Waals surface area (Å²) in [5, 5.41) is 0.455. The van der Waals surface area contributed by atoms with Crippen molar-refractivity contribution in [3.8, 4) is 5.75 Å². The predicted octanol–water partition coefficient (Wildman–Crippen LogP) is 5.02. The Kier molecular flexibility index (Phi) is 4.78. The molecule has 104 valence electrons. The summed E-state index contributed by atoms with van der Waals surface area (Å²) in [4.78, 5) is 11.5. The lowest BCUT2D eigenvalue weighted by Gasteiger charge is -2.11. The molecule has 0 unspecified atom stereocenters. The van der Waals surface area contributed by atoms with E-state index < -0.39 is 0 Å². The third-order valence-electron chi connectivity index (χ3n) is 2.71. The van der Waals surface area contributed by atoms with Gasteiger partial charge in [-0.25, -0.2) is 4.39 Å². The van der Waals surface area contributed by atoms with E-state index in [9.17, 15) is 9.18 Å². The molecule has 0 amide bonds. The number of halogens is 3. The average Bonchev–Trinajstić information content (AvgIpc) is 2.40. The molecule has 0 fully saturated rings. The number of hydrogen-bond acceptors (Lipinski definition) is 2. The molecule has 0 bridgehead atoms. The van der Waals surface area contributed by atoms with E-state index in [1.807, 2.05) is 0 Å². The fourth-order valence-corrected chi connectivity index (χ4v) is 2.29. The fraction of sp³-hybridized carbons (Fsp3) is 0.133. The zero-order chi connectivity index (χ0) is 14.7. The van der Waals surface area contributed by atoms with Crippen LogP contribution < -0.4 is 4.74 Å². The Hall–Kier alpha value is -1.39. The van der Waals surface area contributed by atoms with E-state index in [0.29, 0.717) is 21.9 Å². The van der Waals surface area contributed by atoms with E-state index >= 15 is 0 Å². The van der Waals surface area contributed by atoms with Gasteiger partial charge in [0.2, 0.25) is 0 Å². The molecule has 0 aromatic heterocycles. The molecule has 0 heterocycles. The first-order chi connectivity index (χ1) is 9.47. The number of ketones is 1. The Bertz CT molecular complexity index is 658. The van der Waals surface area contributed by atoms with E-state index in [0.717, 1.165) is 4.47 Å². The van der Waals surface area contributed by atoms with Crippen molar-refractivity contribution >= 4 is 33.3 Å². The molecule has 2 aromatic carbocycles. The molecule has 0 radical (unpaired) electrons. The predicted molar refractivity (Wildman–Crippen MR) is 79.9 cm³/mol. The van der Waals surface area contributed by atoms with Crippen LogP contribution in [0.15, 0.2) is 40.9 Å². The highest BCUT2D eigenvalue weighted by molar-refractivity contribution is 9.10. The van der Waals surface area contributed by atoms with Crippen LogP contribution in [0.1, 0.15) is 22.8 Å². The maximum Gasteiger partial charge on any atom is 0.163 e. The Morgan fingerprint density at radius 1 is 1.30 bits per heavy atom. The first kappa shape index (κ1) is 15.0. The summed E-state index contributed by atoms with van der Waals surface area (Å²) in [6, 6.07) is 9.38. The third kappa shape index (κ3) is 3.58. The summed E-state index contributed by atoms with van der Waals surface area (Å²) in [6.45, 7) is 1.46. The Labute approximate surface area is 129 Å². The lowest BCUT2D eigenvalue weighted by atomic mass is 10.1. The van der Waals surface area contributed by atoms with Gasteiger partial charge in [-0.2, -0.15) is 0 Å². The van der Waals surface area contributed by atoms with Crippen LogP contribution in [-0.4, -0.2) is 5.78 Å². The Morgan fingerprint density at radius 2 is 2.05 bits per heavy atom. The van der Waals surface area contributed by atoms with Crippen molar-refractivity contribution in [2.75, 3.05) is 0 Å². The summed E-state index contributed by atoms with van der Waals surface area (Å²) < 4.78 is 19.9. The number of carbonyl (C=O) groups excluding carboxylic acids is 1. The first-order valence-corrected chi connectivity index (χ1v) is 7.01. The van der Waals surface area contributed by atoms with Crippen LogP contribution in [0.5, 0.6) is 5.75 Å². The zero-order valence-corrected chi connectivity index (χ0v) is 13.0. The summed E-state index contributed by atoms with van der Waals surface area (Å²) in [5.74, 6) is -0.120. The van der Waals surface area contributed by atoms with Gasteiger partial charge >= 0.3 is 0 Å². The molecule has 2 rings (SSSR count). The van der Waals surface area contributed by atoms with E-state index in [4.69, 9.17) is 16.3 Å². The van der Waals surface area contributed by atoms with Crippen LogP contribution in [0.2, 0.25) is 5.02 Å². The van der Waals surface area contributed by atoms with E-state index in [-0.39, 0.29) is 18.2 Å². The van der Waals surface area contributed by atoms with E-state index in [2.05, 4.69) is 15.9 Å². The summed E-state index contributed by atoms with van der Waals surface area (Å²) in [7, 11) is 0. The van der Waals surface area contributed by atoms with Crippen molar-refractivity contribution in [3.05, 3.63) is 62.8 Å². The van der Waals surface area contributed by atoms with Crippen molar-refractivity contribution in [2.45, 2.75) is 13.5 Å². The van der Waals surface area contributed by atoms with Gasteiger partial charge in [-0.3, -0.25) is 4.79 Å².